The van der Waals surface area contributed by atoms with Gasteiger partial charge in [0, 0.05) is 31.0 Å². The van der Waals surface area contributed by atoms with Gasteiger partial charge in [0.05, 0.1) is 23.8 Å². The number of nitrogens with one attached hydrogen (secondary N) is 1. The number of benzene rings is 2. The van der Waals surface area contributed by atoms with Crippen molar-refractivity contribution in [1.82, 2.24) is 15.1 Å². The number of hydrogen-bond donors (Lipinski definition) is 1. The van der Waals surface area contributed by atoms with Crippen LogP contribution in [0.15, 0.2) is 54.7 Å². The fourth-order valence-electron chi connectivity index (χ4n) is 4.41. The molecule has 1 aliphatic carbocycles. The summed E-state index contributed by atoms with van der Waals surface area (Å²) < 4.78 is 29.1. The molecule has 0 radical (unpaired) electrons. The van der Waals surface area contributed by atoms with Gasteiger partial charge in [0.15, 0.2) is 0 Å². The molecule has 2 heterocycles. The summed E-state index contributed by atoms with van der Waals surface area (Å²) in [6, 6.07) is 13.5. The van der Waals surface area contributed by atoms with Gasteiger partial charge in [-0.15, -0.1) is 0 Å². The van der Waals surface area contributed by atoms with E-state index in [4.69, 9.17) is 0 Å². The fourth-order valence-corrected chi connectivity index (χ4v) is 4.41. The summed E-state index contributed by atoms with van der Waals surface area (Å²) >= 11 is 0. The van der Waals surface area contributed by atoms with Crippen LogP contribution in [0.25, 0.3) is 10.9 Å². The summed E-state index contributed by atoms with van der Waals surface area (Å²) in [5, 5.41) is 7.81. The molecule has 1 N–H and O–H groups in total. The molecule has 1 aliphatic heterocycles. The van der Waals surface area contributed by atoms with Gasteiger partial charge < -0.3 is 10.2 Å². The smallest absolute Gasteiger partial charge is 0.321 e. The second kappa shape index (κ2) is 7.69. The van der Waals surface area contributed by atoms with Gasteiger partial charge in [-0.2, -0.15) is 13.9 Å². The minimum absolute atomic E-state index is 0.0552. The Labute approximate surface area is 184 Å². The second-order valence-corrected chi connectivity index (χ2v) is 8.80. The highest BCUT2D eigenvalue weighted by molar-refractivity contribution is 6.00. The molecule has 5 rings (SSSR count). The number of anilines is 1. The van der Waals surface area contributed by atoms with Crippen molar-refractivity contribution in [2.45, 2.75) is 50.7 Å². The molecule has 2 amide bonds. The van der Waals surface area contributed by atoms with E-state index in [9.17, 15) is 18.4 Å². The van der Waals surface area contributed by atoms with E-state index >= 15 is 0 Å². The second-order valence-electron chi connectivity index (χ2n) is 8.80. The number of amides is 2. The zero-order valence-corrected chi connectivity index (χ0v) is 17.7. The maximum atomic E-state index is 13.6. The molecular formula is C24H24F2N4O2. The predicted molar refractivity (Wildman–Crippen MR) is 116 cm³/mol. The molecule has 1 saturated heterocycles. The number of carbonyl (C=O) groups is 2. The molecule has 1 aromatic heterocycles. The van der Waals surface area contributed by atoms with E-state index in [-0.39, 0.29) is 12.3 Å². The molecular weight excluding hydrogens is 414 g/mol. The number of rotatable bonds is 6. The molecule has 2 aliphatic rings. The standard InChI is InChI=1S/C24H24F2N4O2/c1-24(25,26)23(32)28-19-12-21(31)30(22(19)16-5-3-2-4-6-16)18-9-10-20-17(11-18)13-27-29(20)14-15-7-8-15/h2-6,9-11,13,15,19,22H,7-8,12,14H2,1H3,(H,28,32)/t19-,22+/m1/s1. The Morgan fingerprint density at radius 2 is 1.94 bits per heavy atom. The average molecular weight is 438 g/mol. The van der Waals surface area contributed by atoms with Crippen LogP contribution in [-0.2, 0) is 16.1 Å². The number of carbonyl (C=O) groups excluding carboxylic acids is 2. The largest absolute Gasteiger partial charge is 0.345 e. The first-order valence-corrected chi connectivity index (χ1v) is 10.8. The SMILES string of the molecule is CC(F)(F)C(=O)N[C@@H]1CC(=O)N(c2ccc3c(cnn3CC3CC3)c2)[C@H]1c1ccccc1. The maximum Gasteiger partial charge on any atom is 0.321 e. The number of nitrogens with zero attached hydrogens (tertiary/aromatic N) is 3. The lowest BCUT2D eigenvalue weighted by Crippen LogP contribution is -2.46. The third-order valence-corrected chi connectivity index (χ3v) is 6.21. The van der Waals surface area contributed by atoms with Gasteiger partial charge in [-0.1, -0.05) is 30.3 Å². The highest BCUT2D eigenvalue weighted by Gasteiger charge is 2.45. The van der Waals surface area contributed by atoms with Gasteiger partial charge in [-0.3, -0.25) is 14.3 Å². The molecule has 2 fully saturated rings. The summed E-state index contributed by atoms with van der Waals surface area (Å²) in [5.41, 5.74) is 2.42. The Morgan fingerprint density at radius 3 is 2.62 bits per heavy atom. The molecule has 8 heteroatoms. The first-order chi connectivity index (χ1) is 15.3. The van der Waals surface area contributed by atoms with Crippen molar-refractivity contribution in [2.24, 2.45) is 5.92 Å². The summed E-state index contributed by atoms with van der Waals surface area (Å²) in [6.07, 6.45) is 4.19. The molecule has 166 valence electrons. The van der Waals surface area contributed by atoms with E-state index in [0.29, 0.717) is 18.5 Å². The van der Waals surface area contributed by atoms with E-state index < -0.39 is 23.9 Å². The van der Waals surface area contributed by atoms with E-state index in [0.717, 1.165) is 23.0 Å². The monoisotopic (exact) mass is 438 g/mol. The van der Waals surface area contributed by atoms with Crippen LogP contribution >= 0.6 is 0 Å². The fraction of sp³-hybridized carbons (Fsp3) is 0.375. The predicted octanol–water partition coefficient (Wildman–Crippen LogP) is 4.06. The Hall–Kier alpha value is -3.29. The minimum atomic E-state index is -3.52. The van der Waals surface area contributed by atoms with Crippen LogP contribution in [0.1, 0.15) is 37.8 Å². The number of fused-ring (bicyclic) bond motifs is 1. The topological polar surface area (TPSA) is 67.2 Å². The van der Waals surface area contributed by atoms with Crippen molar-refractivity contribution in [3.05, 3.63) is 60.3 Å². The van der Waals surface area contributed by atoms with E-state index in [1.807, 2.05) is 53.2 Å². The lowest BCUT2D eigenvalue weighted by Gasteiger charge is -2.29. The molecule has 0 bridgehead atoms. The number of halogens is 2. The van der Waals surface area contributed by atoms with Crippen LogP contribution in [0.5, 0.6) is 0 Å². The van der Waals surface area contributed by atoms with Crippen LogP contribution in [-0.4, -0.2) is 33.6 Å². The zero-order valence-electron chi connectivity index (χ0n) is 17.7. The summed E-state index contributed by atoms with van der Waals surface area (Å²) in [7, 11) is 0. The third-order valence-electron chi connectivity index (χ3n) is 6.21. The minimum Gasteiger partial charge on any atom is -0.345 e. The summed E-state index contributed by atoms with van der Waals surface area (Å²) in [4.78, 5) is 26.7. The molecule has 0 spiro atoms. The Balaban J connectivity index is 1.50. The van der Waals surface area contributed by atoms with Crippen molar-refractivity contribution < 1.29 is 18.4 Å². The van der Waals surface area contributed by atoms with Crippen LogP contribution in [0.4, 0.5) is 14.5 Å². The van der Waals surface area contributed by atoms with Crippen molar-refractivity contribution >= 4 is 28.4 Å². The van der Waals surface area contributed by atoms with Gasteiger partial charge in [0.1, 0.15) is 0 Å². The number of hydrogen-bond acceptors (Lipinski definition) is 3. The summed E-state index contributed by atoms with van der Waals surface area (Å²) in [5.74, 6) is -4.45. The third kappa shape index (κ3) is 3.85. The summed E-state index contributed by atoms with van der Waals surface area (Å²) in [6.45, 7) is 1.44. The van der Waals surface area contributed by atoms with Crippen molar-refractivity contribution in [3.63, 3.8) is 0 Å². The van der Waals surface area contributed by atoms with Crippen molar-refractivity contribution in [1.29, 1.82) is 0 Å². The van der Waals surface area contributed by atoms with Gasteiger partial charge in [-0.25, -0.2) is 0 Å². The van der Waals surface area contributed by atoms with Crippen molar-refractivity contribution in [3.8, 4) is 0 Å². The molecule has 6 nitrogen and oxygen atoms in total. The molecule has 2 atom stereocenters. The van der Waals surface area contributed by atoms with Crippen LogP contribution in [0.3, 0.4) is 0 Å². The van der Waals surface area contributed by atoms with Gasteiger partial charge in [-0.05, 0) is 42.5 Å². The lowest BCUT2D eigenvalue weighted by molar-refractivity contribution is -0.143. The number of aromatic nitrogens is 2. The van der Waals surface area contributed by atoms with Crippen LogP contribution < -0.4 is 10.2 Å². The highest BCUT2D eigenvalue weighted by atomic mass is 19.3. The Morgan fingerprint density at radius 1 is 1.19 bits per heavy atom. The van der Waals surface area contributed by atoms with Gasteiger partial charge in [0.25, 0.3) is 5.91 Å². The molecule has 0 unspecified atom stereocenters. The normalized spacial score (nSPS) is 21.3. The zero-order chi connectivity index (χ0) is 22.5. The van der Waals surface area contributed by atoms with Crippen LogP contribution in [0.2, 0.25) is 0 Å². The molecule has 1 saturated carbocycles. The highest BCUT2D eigenvalue weighted by Crippen LogP contribution is 2.39. The van der Waals surface area contributed by atoms with E-state index in [1.54, 1.807) is 11.1 Å². The van der Waals surface area contributed by atoms with Gasteiger partial charge in [0.2, 0.25) is 5.91 Å². The van der Waals surface area contributed by atoms with Crippen molar-refractivity contribution in [2.75, 3.05) is 4.90 Å². The molecule has 3 aromatic rings. The Kier molecular flexibility index (Phi) is 4.95. The Bertz CT molecular complexity index is 1170. The molecule has 2 aromatic carbocycles. The van der Waals surface area contributed by atoms with Gasteiger partial charge >= 0.3 is 5.92 Å². The first-order valence-electron chi connectivity index (χ1n) is 10.8. The molecule has 32 heavy (non-hydrogen) atoms. The maximum absolute atomic E-state index is 13.6. The average Bonchev–Trinajstić information content (AvgIpc) is 3.40. The quantitative estimate of drug-likeness (QED) is 0.631. The number of alkyl halides is 2. The van der Waals surface area contributed by atoms with E-state index in [2.05, 4.69) is 10.4 Å². The first kappa shape index (κ1) is 20.6. The van der Waals surface area contributed by atoms with Crippen LogP contribution in [0, 0.1) is 5.92 Å². The lowest BCUT2D eigenvalue weighted by atomic mass is 9.99. The van der Waals surface area contributed by atoms with E-state index in [1.165, 1.54) is 12.8 Å².